The van der Waals surface area contributed by atoms with E-state index in [0.29, 0.717) is 17.7 Å². The van der Waals surface area contributed by atoms with Crippen LogP contribution in [0.3, 0.4) is 0 Å². The molecule has 0 aromatic heterocycles. The van der Waals surface area contributed by atoms with Crippen LogP contribution in [0, 0.1) is 0 Å². The van der Waals surface area contributed by atoms with Crippen molar-refractivity contribution in [2.75, 3.05) is 12.4 Å². The Balaban J connectivity index is 2.58. The maximum Gasteiger partial charge on any atom is 0.337 e. The predicted octanol–water partition coefficient (Wildman–Crippen LogP) is 4.93. The average molecular weight is 483 g/mol. The van der Waals surface area contributed by atoms with Gasteiger partial charge in [-0.15, -0.1) is 0 Å². The van der Waals surface area contributed by atoms with Crippen LogP contribution in [0.5, 0.6) is 0 Å². The second-order valence-electron chi connectivity index (χ2n) is 6.37. The van der Waals surface area contributed by atoms with Gasteiger partial charge in [0.2, 0.25) is 9.70 Å². The monoisotopic (exact) mass is 481 g/mol. The summed E-state index contributed by atoms with van der Waals surface area (Å²) in [5.74, 6) is -0.665. The van der Waals surface area contributed by atoms with Crippen molar-refractivity contribution in [2.24, 2.45) is 0 Å². The number of methoxy groups -OCH3 is 1. The number of hydrogen-bond acceptors (Lipinski definition) is 4. The van der Waals surface area contributed by atoms with Crippen LogP contribution in [-0.4, -0.2) is 34.1 Å². The van der Waals surface area contributed by atoms with Crippen molar-refractivity contribution >= 4 is 69.7 Å². The number of halogens is 3. The van der Waals surface area contributed by atoms with E-state index in [9.17, 15) is 9.59 Å². The van der Waals surface area contributed by atoms with Crippen LogP contribution in [0.25, 0.3) is 0 Å². The number of unbranched alkanes of at least 4 members (excludes halogenated alkanes) is 4. The smallest absolute Gasteiger partial charge is 0.337 e. The zero-order valence-corrected chi connectivity index (χ0v) is 19.5. The first kappa shape index (κ1) is 25.8. The van der Waals surface area contributed by atoms with Gasteiger partial charge >= 0.3 is 5.97 Å². The molecule has 0 bridgehead atoms. The van der Waals surface area contributed by atoms with Crippen molar-refractivity contribution in [2.45, 2.75) is 55.4 Å². The highest BCUT2D eigenvalue weighted by Crippen LogP contribution is 2.29. The third-order valence-corrected chi connectivity index (χ3v) is 4.85. The van der Waals surface area contributed by atoms with Crippen LogP contribution in [-0.2, 0) is 9.53 Å². The fourth-order valence-electron chi connectivity index (χ4n) is 2.43. The van der Waals surface area contributed by atoms with Crippen molar-refractivity contribution in [1.29, 1.82) is 0 Å². The Hall–Kier alpha value is -1.28. The molecule has 1 aromatic carbocycles. The molecular formula is C19H26Cl3N3O3S. The van der Waals surface area contributed by atoms with E-state index in [1.165, 1.54) is 7.11 Å². The molecule has 1 aromatic rings. The molecule has 0 spiro atoms. The number of carbonyl (C=O) groups excluding carboxylic acids is 2. The molecule has 6 nitrogen and oxygen atoms in total. The number of esters is 1. The highest BCUT2D eigenvalue weighted by atomic mass is 35.6. The van der Waals surface area contributed by atoms with Gasteiger partial charge in [-0.1, -0.05) is 67.4 Å². The first-order valence-electron chi connectivity index (χ1n) is 9.29. The third kappa shape index (κ3) is 10.3. The van der Waals surface area contributed by atoms with Gasteiger partial charge in [0.05, 0.1) is 12.7 Å². The van der Waals surface area contributed by atoms with E-state index in [1.54, 1.807) is 24.3 Å². The van der Waals surface area contributed by atoms with Crippen molar-refractivity contribution in [3.8, 4) is 0 Å². The van der Waals surface area contributed by atoms with Crippen molar-refractivity contribution in [3.05, 3.63) is 29.8 Å². The number of rotatable bonds is 10. The Morgan fingerprint density at radius 2 is 1.69 bits per heavy atom. The van der Waals surface area contributed by atoms with E-state index in [1.807, 2.05) is 0 Å². The van der Waals surface area contributed by atoms with Crippen molar-refractivity contribution in [3.63, 3.8) is 0 Å². The maximum atomic E-state index is 12.2. The minimum atomic E-state index is -1.81. The molecule has 29 heavy (non-hydrogen) atoms. The Morgan fingerprint density at radius 1 is 1.07 bits per heavy atom. The molecule has 1 atom stereocenters. The zero-order chi connectivity index (χ0) is 21.9. The van der Waals surface area contributed by atoms with Gasteiger partial charge in [-0.2, -0.15) is 0 Å². The van der Waals surface area contributed by atoms with Crippen LogP contribution in [0.1, 0.15) is 55.8 Å². The van der Waals surface area contributed by atoms with Crippen molar-refractivity contribution in [1.82, 2.24) is 10.6 Å². The van der Waals surface area contributed by atoms with Gasteiger partial charge in [-0.05, 0) is 42.9 Å². The molecule has 0 fully saturated rings. The van der Waals surface area contributed by atoms with Gasteiger partial charge in [-0.25, -0.2) is 4.79 Å². The molecule has 0 aliphatic carbocycles. The number of alkyl halides is 3. The third-order valence-electron chi connectivity index (χ3n) is 3.98. The molecule has 1 rings (SSSR count). The maximum absolute atomic E-state index is 12.2. The first-order valence-corrected chi connectivity index (χ1v) is 10.8. The van der Waals surface area contributed by atoms with E-state index in [-0.39, 0.29) is 11.0 Å². The summed E-state index contributed by atoms with van der Waals surface area (Å²) in [5, 5.41) is 8.52. The van der Waals surface area contributed by atoms with Crippen LogP contribution in [0.4, 0.5) is 5.69 Å². The molecule has 3 N–H and O–H groups in total. The number of carbonyl (C=O) groups is 2. The summed E-state index contributed by atoms with van der Waals surface area (Å²) in [6.45, 7) is 2.13. The van der Waals surface area contributed by atoms with E-state index >= 15 is 0 Å². The Morgan fingerprint density at radius 3 is 2.24 bits per heavy atom. The van der Waals surface area contributed by atoms with Gasteiger partial charge in [0, 0.05) is 12.1 Å². The molecule has 1 unspecified atom stereocenters. The van der Waals surface area contributed by atoms with E-state index < -0.39 is 15.9 Å². The van der Waals surface area contributed by atoms with Crippen LogP contribution in [0.15, 0.2) is 24.3 Å². The molecule has 10 heteroatoms. The Bertz CT molecular complexity index is 682. The van der Waals surface area contributed by atoms with Gasteiger partial charge in [0.15, 0.2) is 5.11 Å². The Labute approximate surface area is 192 Å². The quantitative estimate of drug-likeness (QED) is 0.144. The minimum absolute atomic E-state index is 0.149. The summed E-state index contributed by atoms with van der Waals surface area (Å²) >= 11 is 23.2. The summed E-state index contributed by atoms with van der Waals surface area (Å²) in [5.41, 5.74) is 1.02. The Kier molecular flexibility index (Phi) is 11.6. The summed E-state index contributed by atoms with van der Waals surface area (Å²) < 4.78 is 2.84. The summed E-state index contributed by atoms with van der Waals surface area (Å²) in [6, 6.07) is 6.48. The van der Waals surface area contributed by atoms with Crippen LogP contribution >= 0.6 is 47.0 Å². The molecule has 0 aliphatic rings. The number of nitrogens with one attached hydrogen (secondary N) is 3. The molecule has 0 radical (unpaired) electrons. The summed E-state index contributed by atoms with van der Waals surface area (Å²) in [7, 11) is 1.31. The highest BCUT2D eigenvalue weighted by molar-refractivity contribution is 7.80. The van der Waals surface area contributed by atoms with Crippen LogP contribution < -0.4 is 16.0 Å². The highest BCUT2D eigenvalue weighted by Gasteiger charge is 2.34. The molecule has 0 heterocycles. The minimum Gasteiger partial charge on any atom is -0.465 e. The lowest BCUT2D eigenvalue weighted by Gasteiger charge is -2.27. The fourth-order valence-corrected chi connectivity index (χ4v) is 2.99. The van der Waals surface area contributed by atoms with Crippen molar-refractivity contribution < 1.29 is 14.3 Å². The van der Waals surface area contributed by atoms with Crippen LogP contribution in [0.2, 0.25) is 0 Å². The van der Waals surface area contributed by atoms with Gasteiger partial charge < -0.3 is 20.7 Å². The number of thiocarbonyl (C=S) groups is 1. The molecule has 162 valence electrons. The predicted molar refractivity (Wildman–Crippen MR) is 123 cm³/mol. The zero-order valence-electron chi connectivity index (χ0n) is 16.4. The summed E-state index contributed by atoms with van der Waals surface area (Å²) in [4.78, 5) is 23.6. The second-order valence-corrected chi connectivity index (χ2v) is 9.15. The standard InChI is InChI=1S/C19H26Cl3N3O3S/c1-3-4-5-6-7-8-15(26)24-17(19(20,21)22)25-18(29)23-14-11-9-13(10-12-14)16(27)28-2/h9-12,17H,3-8H2,1-2H3,(H,24,26)(H2,23,25,29). The number of hydrogen-bond donors (Lipinski definition) is 3. The van der Waals surface area contributed by atoms with Gasteiger partial charge in [-0.3, -0.25) is 4.79 Å². The largest absolute Gasteiger partial charge is 0.465 e. The molecule has 0 saturated heterocycles. The number of amides is 1. The lowest BCUT2D eigenvalue weighted by Crippen LogP contribution is -2.56. The van der Waals surface area contributed by atoms with E-state index in [4.69, 9.17) is 47.0 Å². The average Bonchev–Trinajstić information content (AvgIpc) is 2.66. The lowest BCUT2D eigenvalue weighted by molar-refractivity contribution is -0.122. The molecule has 0 aliphatic heterocycles. The molecular weight excluding hydrogens is 457 g/mol. The number of ether oxygens (including phenoxy) is 1. The topological polar surface area (TPSA) is 79.5 Å². The molecule has 0 saturated carbocycles. The molecule has 1 amide bonds. The SMILES string of the molecule is CCCCCCCC(=O)NC(NC(=S)Nc1ccc(C(=O)OC)cc1)C(Cl)(Cl)Cl. The lowest BCUT2D eigenvalue weighted by atomic mass is 10.1. The van der Waals surface area contributed by atoms with E-state index in [2.05, 4.69) is 27.6 Å². The van der Waals surface area contributed by atoms with E-state index in [0.717, 1.165) is 32.1 Å². The summed E-state index contributed by atoms with van der Waals surface area (Å²) in [6.07, 6.45) is 4.48. The normalized spacial score (nSPS) is 12.0. The van der Waals surface area contributed by atoms with Gasteiger partial charge in [0.1, 0.15) is 6.17 Å². The number of benzene rings is 1. The van der Waals surface area contributed by atoms with Gasteiger partial charge in [0.25, 0.3) is 0 Å². The number of anilines is 1. The first-order chi connectivity index (χ1) is 13.7. The fraction of sp³-hybridized carbons (Fsp3) is 0.526. The second kappa shape index (κ2) is 13.1.